The van der Waals surface area contributed by atoms with Crippen LogP contribution in [0.2, 0.25) is 0 Å². The molecule has 20 heavy (non-hydrogen) atoms. The molecule has 1 aromatic heterocycles. The fraction of sp³-hybridized carbons (Fsp3) is 0.250. The summed E-state index contributed by atoms with van der Waals surface area (Å²) >= 11 is 0. The summed E-state index contributed by atoms with van der Waals surface area (Å²) in [6, 6.07) is 9.66. The first kappa shape index (κ1) is 13.6. The first-order valence-electron chi connectivity index (χ1n) is 5.89. The SMILES string of the molecule is CN(C)c1nc(N=[N+]=[N-])nc(N(C)c2ccccc2)n1. The first-order chi connectivity index (χ1) is 9.61. The zero-order chi connectivity index (χ0) is 14.5. The van der Waals surface area contributed by atoms with Crippen LogP contribution < -0.4 is 9.80 Å². The molecule has 0 saturated carbocycles. The Bertz CT molecular complexity index is 633. The molecule has 0 bridgehead atoms. The second-order valence-corrected chi connectivity index (χ2v) is 4.21. The number of hydrogen-bond donors (Lipinski definition) is 0. The molecule has 0 unspecified atom stereocenters. The van der Waals surface area contributed by atoms with Crippen LogP contribution in [-0.4, -0.2) is 36.1 Å². The Morgan fingerprint density at radius 1 is 1.00 bits per heavy atom. The van der Waals surface area contributed by atoms with E-state index in [0.29, 0.717) is 11.9 Å². The highest BCUT2D eigenvalue weighted by atomic mass is 15.4. The molecule has 0 spiro atoms. The summed E-state index contributed by atoms with van der Waals surface area (Å²) in [5.41, 5.74) is 9.45. The normalized spacial score (nSPS) is 9.75. The third-order valence-electron chi connectivity index (χ3n) is 2.58. The van der Waals surface area contributed by atoms with Gasteiger partial charge >= 0.3 is 0 Å². The van der Waals surface area contributed by atoms with Crippen LogP contribution in [0.1, 0.15) is 0 Å². The van der Waals surface area contributed by atoms with Gasteiger partial charge in [-0.15, -0.1) is 0 Å². The number of hydrogen-bond acceptors (Lipinski definition) is 6. The molecule has 0 amide bonds. The Labute approximate surface area is 116 Å². The Kier molecular flexibility index (Phi) is 3.97. The molecule has 2 aromatic rings. The number of nitrogens with zero attached hydrogens (tertiary/aromatic N) is 8. The fourth-order valence-corrected chi connectivity index (χ4v) is 1.55. The summed E-state index contributed by atoms with van der Waals surface area (Å²) in [5, 5.41) is 3.45. The summed E-state index contributed by atoms with van der Waals surface area (Å²) in [6.07, 6.45) is 0. The van der Waals surface area contributed by atoms with E-state index < -0.39 is 0 Å². The van der Waals surface area contributed by atoms with Gasteiger partial charge in [0.2, 0.25) is 17.8 Å². The van der Waals surface area contributed by atoms with Crippen molar-refractivity contribution in [3.8, 4) is 0 Å². The van der Waals surface area contributed by atoms with Crippen molar-refractivity contribution < 1.29 is 0 Å². The molecule has 1 aromatic carbocycles. The number of para-hydroxylation sites is 1. The number of rotatable bonds is 4. The predicted molar refractivity (Wildman–Crippen MR) is 77.5 cm³/mol. The molecule has 8 heteroatoms. The maximum Gasteiger partial charge on any atom is 0.234 e. The Morgan fingerprint density at radius 3 is 2.25 bits per heavy atom. The van der Waals surface area contributed by atoms with Gasteiger partial charge in [-0.25, -0.2) is 0 Å². The van der Waals surface area contributed by atoms with E-state index in [0.717, 1.165) is 5.69 Å². The van der Waals surface area contributed by atoms with Crippen LogP contribution in [0.3, 0.4) is 0 Å². The summed E-state index contributed by atoms with van der Waals surface area (Å²) in [5.74, 6) is 0.890. The summed E-state index contributed by atoms with van der Waals surface area (Å²) in [7, 11) is 5.45. The second kappa shape index (κ2) is 5.85. The van der Waals surface area contributed by atoms with E-state index in [1.54, 1.807) is 9.80 Å². The monoisotopic (exact) mass is 270 g/mol. The fourth-order valence-electron chi connectivity index (χ4n) is 1.55. The molecule has 0 radical (unpaired) electrons. The molecule has 2 rings (SSSR count). The van der Waals surface area contributed by atoms with E-state index in [1.807, 2.05) is 51.5 Å². The smallest absolute Gasteiger partial charge is 0.234 e. The third kappa shape index (κ3) is 2.93. The minimum absolute atomic E-state index is 0.0454. The number of azide groups is 1. The lowest BCUT2D eigenvalue weighted by molar-refractivity contribution is 0.927. The van der Waals surface area contributed by atoms with E-state index in [-0.39, 0.29) is 5.95 Å². The molecular formula is C12H14N8. The van der Waals surface area contributed by atoms with Crippen molar-refractivity contribution in [2.24, 2.45) is 5.11 Å². The average Bonchev–Trinajstić information content (AvgIpc) is 2.47. The Morgan fingerprint density at radius 2 is 1.65 bits per heavy atom. The topological polar surface area (TPSA) is 93.9 Å². The van der Waals surface area contributed by atoms with Crippen LogP contribution in [0.15, 0.2) is 35.4 Å². The summed E-state index contributed by atoms with van der Waals surface area (Å²) < 4.78 is 0. The van der Waals surface area contributed by atoms with E-state index >= 15 is 0 Å². The lowest BCUT2D eigenvalue weighted by atomic mass is 10.3. The van der Waals surface area contributed by atoms with E-state index in [4.69, 9.17) is 5.53 Å². The number of anilines is 3. The predicted octanol–water partition coefficient (Wildman–Crippen LogP) is 2.65. The van der Waals surface area contributed by atoms with Crippen LogP contribution in [-0.2, 0) is 0 Å². The van der Waals surface area contributed by atoms with Gasteiger partial charge in [0.15, 0.2) is 0 Å². The molecule has 1 heterocycles. The molecule has 0 fully saturated rings. The largest absolute Gasteiger partial charge is 0.347 e. The highest BCUT2D eigenvalue weighted by Crippen LogP contribution is 2.22. The van der Waals surface area contributed by atoms with Crippen molar-refractivity contribution in [2.75, 3.05) is 30.9 Å². The molecule has 8 nitrogen and oxygen atoms in total. The molecule has 0 aliphatic carbocycles. The highest BCUT2D eigenvalue weighted by molar-refractivity contribution is 5.57. The van der Waals surface area contributed by atoms with Crippen LogP contribution in [0.4, 0.5) is 23.5 Å². The lowest BCUT2D eigenvalue weighted by Crippen LogP contribution is -2.18. The van der Waals surface area contributed by atoms with Gasteiger partial charge in [0.1, 0.15) is 0 Å². The van der Waals surface area contributed by atoms with Gasteiger partial charge in [-0.05, 0) is 22.8 Å². The van der Waals surface area contributed by atoms with Crippen molar-refractivity contribution in [3.63, 3.8) is 0 Å². The number of aromatic nitrogens is 3. The quantitative estimate of drug-likeness (QED) is 0.483. The molecule has 0 atom stereocenters. The third-order valence-corrected chi connectivity index (χ3v) is 2.58. The second-order valence-electron chi connectivity index (χ2n) is 4.21. The molecule has 0 saturated heterocycles. The van der Waals surface area contributed by atoms with Gasteiger partial charge in [0.25, 0.3) is 0 Å². The van der Waals surface area contributed by atoms with Crippen LogP contribution >= 0.6 is 0 Å². The van der Waals surface area contributed by atoms with Gasteiger partial charge < -0.3 is 9.80 Å². The van der Waals surface area contributed by atoms with E-state index in [2.05, 4.69) is 25.0 Å². The van der Waals surface area contributed by atoms with Crippen molar-refractivity contribution >= 4 is 23.5 Å². The molecule has 102 valence electrons. The van der Waals surface area contributed by atoms with Gasteiger partial charge in [0.05, 0.1) is 0 Å². The molecule has 0 aliphatic heterocycles. The minimum Gasteiger partial charge on any atom is -0.347 e. The zero-order valence-electron chi connectivity index (χ0n) is 11.5. The van der Waals surface area contributed by atoms with Crippen molar-refractivity contribution in [2.45, 2.75) is 0 Å². The van der Waals surface area contributed by atoms with Crippen LogP contribution in [0.5, 0.6) is 0 Å². The molecular weight excluding hydrogens is 256 g/mol. The first-order valence-corrected chi connectivity index (χ1v) is 5.89. The number of benzene rings is 1. The maximum atomic E-state index is 8.53. The average molecular weight is 270 g/mol. The van der Waals surface area contributed by atoms with Gasteiger partial charge in [-0.2, -0.15) is 15.0 Å². The summed E-state index contributed by atoms with van der Waals surface area (Å²) in [4.78, 5) is 18.8. The maximum absolute atomic E-state index is 8.53. The van der Waals surface area contributed by atoms with Crippen molar-refractivity contribution in [1.29, 1.82) is 0 Å². The van der Waals surface area contributed by atoms with Gasteiger partial charge in [0, 0.05) is 31.7 Å². The van der Waals surface area contributed by atoms with Gasteiger partial charge in [-0.1, -0.05) is 18.2 Å². The van der Waals surface area contributed by atoms with Gasteiger partial charge in [-0.3, -0.25) is 0 Å². The molecule has 0 N–H and O–H groups in total. The van der Waals surface area contributed by atoms with Crippen LogP contribution in [0, 0.1) is 0 Å². The Balaban J connectivity index is 2.47. The van der Waals surface area contributed by atoms with E-state index in [9.17, 15) is 0 Å². The standard InChI is InChI=1S/C12H14N8/c1-19(2)11-14-10(17-18-13)15-12(16-11)20(3)9-7-5-4-6-8-9/h4-8H,1-3H3. The zero-order valence-corrected chi connectivity index (χ0v) is 11.5. The van der Waals surface area contributed by atoms with Crippen molar-refractivity contribution in [3.05, 3.63) is 40.8 Å². The highest BCUT2D eigenvalue weighted by Gasteiger charge is 2.12. The minimum atomic E-state index is 0.0454. The summed E-state index contributed by atoms with van der Waals surface area (Å²) in [6.45, 7) is 0. The lowest BCUT2D eigenvalue weighted by Gasteiger charge is -2.19. The molecule has 0 aliphatic rings. The van der Waals surface area contributed by atoms with Crippen LogP contribution in [0.25, 0.3) is 10.4 Å². The van der Waals surface area contributed by atoms with E-state index in [1.165, 1.54) is 0 Å². The van der Waals surface area contributed by atoms with Crippen molar-refractivity contribution in [1.82, 2.24) is 15.0 Å². The Hall–Kier alpha value is -2.86.